The zero-order valence-corrected chi connectivity index (χ0v) is 29.4. The molecule has 47 heavy (non-hydrogen) atoms. The average molecular weight is 685 g/mol. The number of pyridine rings is 1. The fraction of sp³-hybridized carbons (Fsp3) is 0.528. The third kappa shape index (κ3) is 15.0. The van der Waals surface area contributed by atoms with Crippen LogP contribution in [0.15, 0.2) is 54.6 Å². The van der Waals surface area contributed by atoms with Gasteiger partial charge in [-0.05, 0) is 54.7 Å². The van der Waals surface area contributed by atoms with Crippen LogP contribution in [0.1, 0.15) is 89.1 Å². The number of hydrogen-bond acceptors (Lipinski definition) is 8. The molecule has 0 radical (unpaired) electrons. The lowest BCUT2D eigenvalue weighted by Gasteiger charge is -2.26. The quantitative estimate of drug-likeness (QED) is 0.142. The maximum atomic E-state index is 13.4. The van der Waals surface area contributed by atoms with Crippen LogP contribution >= 0.6 is 23.4 Å². The number of cyclic esters (lactones) is 1. The topological polar surface area (TPSA) is 118 Å². The number of nitrogens with zero attached hydrogens (tertiary/aromatic N) is 2. The molecule has 2 atom stereocenters. The van der Waals surface area contributed by atoms with Crippen molar-refractivity contribution in [3.63, 3.8) is 0 Å². The first-order valence-corrected chi connectivity index (χ1v) is 18.0. The van der Waals surface area contributed by atoms with Gasteiger partial charge >= 0.3 is 5.97 Å². The Balaban J connectivity index is 1.71. The number of unbranched alkanes of at least 4 members (excludes halogenated alkanes) is 4. The Hall–Kier alpha value is -3.21. The van der Waals surface area contributed by atoms with Crippen LogP contribution in [0.25, 0.3) is 0 Å². The molecular weight excluding hydrogens is 636 g/mol. The second-order valence-electron chi connectivity index (χ2n) is 12.2. The van der Waals surface area contributed by atoms with Gasteiger partial charge in [-0.1, -0.05) is 94.1 Å². The number of carbonyl (C=O) groups excluding carboxylic acids is 4. The maximum Gasteiger partial charge on any atom is 0.329 e. The van der Waals surface area contributed by atoms with Crippen LogP contribution in [0.5, 0.6) is 0 Å². The minimum atomic E-state index is -0.904. The van der Waals surface area contributed by atoms with E-state index in [0.717, 1.165) is 30.5 Å². The van der Waals surface area contributed by atoms with Crippen molar-refractivity contribution in [3.8, 4) is 0 Å². The molecule has 0 unspecified atom stereocenters. The molecule has 256 valence electrons. The second-order valence-corrected chi connectivity index (χ2v) is 13.8. The largest absolute Gasteiger partial charge is 0.456 e. The Morgan fingerprint density at radius 2 is 1.79 bits per heavy atom. The van der Waals surface area contributed by atoms with Crippen LogP contribution in [0, 0.1) is 5.92 Å². The summed E-state index contributed by atoms with van der Waals surface area (Å²) in [5.74, 6) is -0.873. The SMILES string of the molecule is CCCCCCCC(=O)SCC/C=C/[C@@H]1CC(=O)NCc2cccc(n2)CN(Cc2ccc(Cl)cc2)CC(=O)N[C@@H](C(C)C)C(=O)O1. The summed E-state index contributed by atoms with van der Waals surface area (Å²) in [6.45, 7) is 6.91. The summed E-state index contributed by atoms with van der Waals surface area (Å²) in [5.41, 5.74) is 2.40. The summed E-state index contributed by atoms with van der Waals surface area (Å²) in [6.07, 6.45) is 9.33. The monoisotopic (exact) mass is 684 g/mol. The van der Waals surface area contributed by atoms with Crippen molar-refractivity contribution in [1.82, 2.24) is 20.5 Å². The molecule has 3 rings (SSSR count). The zero-order valence-electron chi connectivity index (χ0n) is 27.8. The Labute approximate surface area is 288 Å². The lowest BCUT2D eigenvalue weighted by atomic mass is 10.0. The second kappa shape index (κ2) is 20.9. The van der Waals surface area contributed by atoms with Gasteiger partial charge < -0.3 is 15.4 Å². The molecule has 2 bridgehead atoms. The number of fused-ring (bicyclic) bond motifs is 2. The van der Waals surface area contributed by atoms with E-state index in [9.17, 15) is 19.2 Å². The standard InChI is InChI=1S/C36H49ClN4O5S/c1-4-5-6-7-8-15-34(44)47-20-10-9-14-31-21-32(42)38-22-29-12-11-13-30(39-29)24-41(23-27-16-18-28(37)19-17-27)25-33(43)40-35(26(2)3)36(45)46-31/h9,11-14,16-19,26,31,35H,4-8,10,15,20-25H2,1-3H3,(H,38,42)(H,40,43)/b14-9+/t31-,35+/m1/s1. The number of benzene rings is 1. The van der Waals surface area contributed by atoms with Crippen LogP contribution in [-0.2, 0) is 43.5 Å². The Morgan fingerprint density at radius 3 is 2.53 bits per heavy atom. The normalized spacial score (nSPS) is 18.6. The molecule has 1 aromatic carbocycles. The molecule has 2 heterocycles. The molecular formula is C36H49ClN4O5S. The number of aromatic nitrogens is 1. The summed E-state index contributed by atoms with van der Waals surface area (Å²) in [5, 5.41) is 6.57. The number of allylic oxidation sites excluding steroid dienone is 1. The van der Waals surface area contributed by atoms with Crippen molar-refractivity contribution < 1.29 is 23.9 Å². The van der Waals surface area contributed by atoms with Gasteiger partial charge in [0.2, 0.25) is 11.8 Å². The number of esters is 1. The number of halogens is 1. The highest BCUT2D eigenvalue weighted by atomic mass is 35.5. The molecule has 0 saturated carbocycles. The first-order valence-electron chi connectivity index (χ1n) is 16.6. The average Bonchev–Trinajstić information content (AvgIpc) is 3.03. The van der Waals surface area contributed by atoms with Crippen LogP contribution in [0.2, 0.25) is 5.02 Å². The number of rotatable bonds is 13. The van der Waals surface area contributed by atoms with Crippen molar-refractivity contribution in [2.24, 2.45) is 5.92 Å². The molecule has 2 amide bonds. The van der Waals surface area contributed by atoms with Crippen molar-refractivity contribution in [3.05, 3.63) is 76.6 Å². The number of carbonyl (C=O) groups is 4. The molecule has 11 heteroatoms. The molecule has 1 aromatic heterocycles. The predicted octanol–water partition coefficient (Wildman–Crippen LogP) is 6.38. The van der Waals surface area contributed by atoms with E-state index in [4.69, 9.17) is 21.3 Å². The van der Waals surface area contributed by atoms with E-state index >= 15 is 0 Å². The van der Waals surface area contributed by atoms with Crippen molar-refractivity contribution in [2.45, 2.75) is 104 Å². The fourth-order valence-electron chi connectivity index (χ4n) is 5.13. The number of thioether (sulfide) groups is 1. The minimum absolute atomic E-state index is 0.0280. The van der Waals surface area contributed by atoms with Crippen molar-refractivity contribution in [1.29, 1.82) is 0 Å². The third-order valence-corrected chi connectivity index (χ3v) is 8.90. The van der Waals surface area contributed by atoms with Gasteiger partial charge in [0.05, 0.1) is 30.9 Å². The first-order chi connectivity index (χ1) is 22.6. The third-order valence-electron chi connectivity index (χ3n) is 7.68. The predicted molar refractivity (Wildman–Crippen MR) is 188 cm³/mol. The Bertz CT molecular complexity index is 1340. The number of amides is 2. The van der Waals surface area contributed by atoms with Crippen LogP contribution in [0.4, 0.5) is 0 Å². The summed E-state index contributed by atoms with van der Waals surface area (Å²) in [6, 6.07) is 12.1. The van der Waals surface area contributed by atoms with Crippen molar-refractivity contribution >= 4 is 46.3 Å². The van der Waals surface area contributed by atoms with E-state index in [1.807, 2.05) is 55.2 Å². The highest BCUT2D eigenvalue weighted by molar-refractivity contribution is 8.13. The fourth-order valence-corrected chi connectivity index (χ4v) is 6.03. The van der Waals surface area contributed by atoms with Crippen LogP contribution in [-0.4, -0.2) is 57.2 Å². The summed E-state index contributed by atoms with van der Waals surface area (Å²) in [4.78, 5) is 58.6. The Kier molecular flexibility index (Phi) is 17.0. The van der Waals surface area contributed by atoms with Gasteiger partial charge in [-0.2, -0.15) is 0 Å². The van der Waals surface area contributed by atoms with Gasteiger partial charge in [0.25, 0.3) is 0 Å². The lowest BCUT2D eigenvalue weighted by Crippen LogP contribution is -2.49. The number of ether oxygens (including phenoxy) is 1. The molecule has 9 nitrogen and oxygen atoms in total. The summed E-state index contributed by atoms with van der Waals surface area (Å²) < 4.78 is 5.82. The smallest absolute Gasteiger partial charge is 0.329 e. The van der Waals surface area contributed by atoms with E-state index < -0.39 is 18.1 Å². The first kappa shape index (κ1) is 38.2. The molecule has 0 spiro atoms. The summed E-state index contributed by atoms with van der Waals surface area (Å²) >= 11 is 7.39. The van der Waals surface area contributed by atoms with Crippen molar-refractivity contribution in [2.75, 3.05) is 12.3 Å². The molecule has 0 saturated heterocycles. The van der Waals surface area contributed by atoms with E-state index in [2.05, 4.69) is 17.6 Å². The molecule has 1 aliphatic rings. The molecule has 1 aliphatic heterocycles. The van der Waals surface area contributed by atoms with E-state index in [0.29, 0.717) is 42.4 Å². The van der Waals surface area contributed by atoms with E-state index in [1.165, 1.54) is 24.6 Å². The van der Waals surface area contributed by atoms with Gasteiger partial charge in [0, 0.05) is 30.3 Å². The van der Waals surface area contributed by atoms with E-state index in [1.54, 1.807) is 18.2 Å². The van der Waals surface area contributed by atoms with Crippen LogP contribution < -0.4 is 10.6 Å². The molecule has 2 N–H and O–H groups in total. The molecule has 0 aliphatic carbocycles. The van der Waals surface area contributed by atoms with Gasteiger partial charge in [-0.3, -0.25) is 24.3 Å². The molecule has 0 fully saturated rings. The lowest BCUT2D eigenvalue weighted by molar-refractivity contribution is -0.153. The summed E-state index contributed by atoms with van der Waals surface area (Å²) in [7, 11) is 0. The highest BCUT2D eigenvalue weighted by Gasteiger charge is 2.29. The number of nitrogens with one attached hydrogen (secondary N) is 2. The van der Waals surface area contributed by atoms with Gasteiger partial charge in [0.15, 0.2) is 5.12 Å². The maximum absolute atomic E-state index is 13.4. The van der Waals surface area contributed by atoms with Crippen LogP contribution in [0.3, 0.4) is 0 Å². The van der Waals surface area contributed by atoms with E-state index in [-0.39, 0.29) is 42.4 Å². The highest BCUT2D eigenvalue weighted by Crippen LogP contribution is 2.16. The minimum Gasteiger partial charge on any atom is -0.456 e. The van der Waals surface area contributed by atoms with Gasteiger partial charge in [-0.25, -0.2) is 4.79 Å². The number of hydrogen-bond donors (Lipinski definition) is 2. The van der Waals surface area contributed by atoms with Gasteiger partial charge in [-0.15, -0.1) is 0 Å². The van der Waals surface area contributed by atoms with Gasteiger partial charge in [0.1, 0.15) is 12.1 Å². The molecule has 2 aromatic rings. The Morgan fingerprint density at radius 1 is 1.04 bits per heavy atom. The zero-order chi connectivity index (χ0) is 34.0.